The number of hydrogen-bond donors (Lipinski definition) is 4. The lowest BCUT2D eigenvalue weighted by Gasteiger charge is -2.37. The lowest BCUT2D eigenvalue weighted by molar-refractivity contribution is -0.128. The molecule has 1 aromatic carbocycles. The van der Waals surface area contributed by atoms with Gasteiger partial charge in [-0.25, -0.2) is 4.79 Å². The third-order valence-electron chi connectivity index (χ3n) is 5.20. The summed E-state index contributed by atoms with van der Waals surface area (Å²) in [5.74, 6) is -1.31. The molecule has 3 rings (SSSR count). The summed E-state index contributed by atoms with van der Waals surface area (Å²) in [6, 6.07) is 2.13. The zero-order chi connectivity index (χ0) is 19.8. The molecule has 1 atom stereocenters. The van der Waals surface area contributed by atoms with E-state index in [2.05, 4.69) is 5.32 Å². The average Bonchev–Trinajstić information content (AvgIpc) is 3.09. The van der Waals surface area contributed by atoms with Gasteiger partial charge in [0.2, 0.25) is 5.91 Å². The van der Waals surface area contributed by atoms with Gasteiger partial charge in [-0.3, -0.25) is 9.59 Å². The van der Waals surface area contributed by atoms with Crippen LogP contribution in [0.1, 0.15) is 43.0 Å². The van der Waals surface area contributed by atoms with Crippen LogP contribution in [-0.2, 0) is 9.59 Å². The Hall–Kier alpha value is -2.57. The highest BCUT2D eigenvalue weighted by atomic mass is 16.4. The number of aromatic hydroxyl groups is 2. The first kappa shape index (κ1) is 19.2. The van der Waals surface area contributed by atoms with E-state index >= 15 is 0 Å². The van der Waals surface area contributed by atoms with Crippen molar-refractivity contribution in [2.45, 2.75) is 32.6 Å². The van der Waals surface area contributed by atoms with Crippen molar-refractivity contribution in [3.05, 3.63) is 48.8 Å². The molecule has 4 N–H and O–H groups in total. The fourth-order valence-electron chi connectivity index (χ4n) is 3.45. The molecule has 1 unspecified atom stereocenters. The number of aromatic carboxylic acids is 1. The summed E-state index contributed by atoms with van der Waals surface area (Å²) in [4.78, 5) is 36.1. The highest BCUT2D eigenvalue weighted by Gasteiger charge is 2.48. The van der Waals surface area contributed by atoms with Crippen molar-refractivity contribution in [2.24, 2.45) is 5.41 Å². The van der Waals surface area contributed by atoms with Crippen LogP contribution in [-0.4, -0.2) is 33.0 Å². The Morgan fingerprint density at radius 1 is 1.22 bits per heavy atom. The van der Waals surface area contributed by atoms with Crippen molar-refractivity contribution < 1.29 is 29.7 Å². The number of ketones is 1. The van der Waals surface area contributed by atoms with Crippen molar-refractivity contribution in [1.29, 1.82) is 0 Å². The molecule has 27 heavy (non-hydrogen) atoms. The number of carboxylic acid groups (broad SMARTS) is 1. The van der Waals surface area contributed by atoms with E-state index in [1.54, 1.807) is 6.42 Å². The Morgan fingerprint density at radius 3 is 2.67 bits per heavy atom. The average molecular weight is 370 g/mol. The van der Waals surface area contributed by atoms with Crippen LogP contribution in [0.15, 0.2) is 12.1 Å². The summed E-state index contributed by atoms with van der Waals surface area (Å²) in [6.45, 7) is 1.83. The first-order valence-electron chi connectivity index (χ1n) is 8.60. The Morgan fingerprint density at radius 2 is 1.96 bits per heavy atom. The van der Waals surface area contributed by atoms with Gasteiger partial charge in [0, 0.05) is 11.8 Å². The van der Waals surface area contributed by atoms with Crippen molar-refractivity contribution in [1.82, 2.24) is 0 Å². The Kier molecular flexibility index (Phi) is 5.13. The van der Waals surface area contributed by atoms with E-state index in [1.165, 1.54) is 0 Å². The number of carboxylic acids is 1. The molecule has 0 aromatic heterocycles. The van der Waals surface area contributed by atoms with Crippen LogP contribution in [0.3, 0.4) is 0 Å². The molecule has 1 aromatic rings. The Labute approximate surface area is 157 Å². The lowest BCUT2D eigenvalue weighted by Crippen LogP contribution is -2.39. The molecule has 0 saturated heterocycles. The number of anilines is 1. The van der Waals surface area contributed by atoms with E-state index in [-0.39, 0.29) is 17.9 Å². The molecule has 7 nitrogen and oxygen atoms in total. The number of rotatable bonds is 5. The molecule has 0 spiro atoms. The van der Waals surface area contributed by atoms with E-state index in [0.717, 1.165) is 24.5 Å². The minimum atomic E-state index is -1.38. The molecule has 2 saturated carbocycles. The number of fused-ring (bicyclic) bond motifs is 1. The summed E-state index contributed by atoms with van der Waals surface area (Å²) in [5.41, 5.74) is -1.44. The van der Waals surface area contributed by atoms with E-state index in [1.807, 2.05) is 19.8 Å². The zero-order valence-electron chi connectivity index (χ0n) is 14.8. The molecule has 1 amide bonds. The smallest absolute Gasteiger partial charge is 0.339 e. The largest absolute Gasteiger partial charge is 0.506 e. The van der Waals surface area contributed by atoms with Gasteiger partial charge in [0.1, 0.15) is 22.8 Å². The van der Waals surface area contributed by atoms with Crippen LogP contribution in [0.4, 0.5) is 5.69 Å². The molecular formula is C20H20NO6. The van der Waals surface area contributed by atoms with Crippen LogP contribution < -0.4 is 5.32 Å². The molecule has 2 aliphatic carbocycles. The van der Waals surface area contributed by atoms with Crippen molar-refractivity contribution >= 4 is 23.3 Å². The van der Waals surface area contributed by atoms with Crippen LogP contribution in [0, 0.1) is 36.5 Å². The van der Waals surface area contributed by atoms with Crippen molar-refractivity contribution in [2.75, 3.05) is 5.32 Å². The second-order valence-corrected chi connectivity index (χ2v) is 7.06. The van der Waals surface area contributed by atoms with E-state index in [0.29, 0.717) is 18.8 Å². The minimum absolute atomic E-state index is 0.00550. The first-order valence-corrected chi connectivity index (χ1v) is 8.60. The van der Waals surface area contributed by atoms with E-state index < -0.39 is 34.4 Å². The maximum absolute atomic E-state index is 12.7. The van der Waals surface area contributed by atoms with Gasteiger partial charge in [-0.1, -0.05) is 6.92 Å². The summed E-state index contributed by atoms with van der Waals surface area (Å²) < 4.78 is 0. The molecule has 2 fully saturated rings. The first-order chi connectivity index (χ1) is 12.7. The predicted molar refractivity (Wildman–Crippen MR) is 96.3 cm³/mol. The van der Waals surface area contributed by atoms with Gasteiger partial charge in [0.25, 0.3) is 0 Å². The number of Topliss-reactive ketones (excluding diaryl/α,β-unsaturated/α-hetero) is 1. The highest BCUT2D eigenvalue weighted by Crippen LogP contribution is 2.50. The SMILES string of the molecule is CC1(CCC(=O)Nc2c(O)ccc(C(=O)O)c2O)CC[C]2[CH][CH][CH][C]2C1=O. The molecule has 0 aliphatic heterocycles. The quantitative estimate of drug-likeness (QED) is 0.591. The van der Waals surface area contributed by atoms with Crippen LogP contribution in [0.5, 0.6) is 11.5 Å². The number of carbonyl (C=O) groups excluding carboxylic acids is 2. The number of phenolic OH excluding ortho intramolecular Hbond substituents is 1. The van der Waals surface area contributed by atoms with Gasteiger partial charge in [0.15, 0.2) is 5.75 Å². The van der Waals surface area contributed by atoms with Gasteiger partial charge >= 0.3 is 5.97 Å². The lowest BCUT2D eigenvalue weighted by atomic mass is 9.64. The van der Waals surface area contributed by atoms with Crippen molar-refractivity contribution in [3.8, 4) is 11.5 Å². The number of amides is 1. The van der Waals surface area contributed by atoms with Gasteiger partial charge in [-0.05, 0) is 56.6 Å². The molecule has 2 aliphatic rings. The highest BCUT2D eigenvalue weighted by molar-refractivity contribution is 6.04. The maximum atomic E-state index is 12.7. The molecule has 0 heterocycles. The standard InChI is InChI=1S/C20H20NO6/c1-20(9-7-11-3-2-4-12(11)18(20)25)10-8-15(23)21-16-14(22)6-5-13(17(16)24)19(26)27/h2-6,22,24H,7-10H2,1H3,(H,21,23)(H,26,27). The van der Waals surface area contributed by atoms with Gasteiger partial charge in [-0.2, -0.15) is 0 Å². The van der Waals surface area contributed by atoms with Crippen LogP contribution in [0.2, 0.25) is 0 Å². The van der Waals surface area contributed by atoms with E-state index in [4.69, 9.17) is 5.11 Å². The van der Waals surface area contributed by atoms with Gasteiger partial charge in [-0.15, -0.1) is 0 Å². The van der Waals surface area contributed by atoms with Gasteiger partial charge in [0.05, 0.1) is 5.92 Å². The second kappa shape index (κ2) is 7.21. The number of nitrogens with one attached hydrogen (secondary N) is 1. The summed E-state index contributed by atoms with van der Waals surface area (Å²) in [6.07, 6.45) is 7.29. The van der Waals surface area contributed by atoms with E-state index in [9.17, 15) is 24.6 Å². The molecule has 0 bridgehead atoms. The molecule has 5 radical (unpaired) electrons. The number of phenols is 2. The summed E-state index contributed by atoms with van der Waals surface area (Å²) >= 11 is 0. The maximum Gasteiger partial charge on any atom is 0.339 e. The molecule has 7 heteroatoms. The summed E-state index contributed by atoms with van der Waals surface area (Å²) in [5, 5.41) is 31.2. The van der Waals surface area contributed by atoms with Crippen molar-refractivity contribution in [3.63, 3.8) is 0 Å². The Balaban J connectivity index is 1.66. The zero-order valence-corrected chi connectivity index (χ0v) is 14.8. The Bertz CT molecular complexity index is 789. The second-order valence-electron chi connectivity index (χ2n) is 7.06. The third-order valence-corrected chi connectivity index (χ3v) is 5.20. The normalized spacial score (nSPS) is 23.2. The molecule has 141 valence electrons. The fourth-order valence-corrected chi connectivity index (χ4v) is 3.45. The number of benzene rings is 1. The monoisotopic (exact) mass is 370 g/mol. The third kappa shape index (κ3) is 3.63. The fraction of sp³-hybridized carbons (Fsp3) is 0.300. The van der Waals surface area contributed by atoms with Crippen LogP contribution in [0.25, 0.3) is 0 Å². The summed E-state index contributed by atoms with van der Waals surface area (Å²) in [7, 11) is 0. The minimum Gasteiger partial charge on any atom is -0.506 e. The van der Waals surface area contributed by atoms with Crippen LogP contribution >= 0.6 is 0 Å². The molecular weight excluding hydrogens is 350 g/mol. The number of hydrogen-bond acceptors (Lipinski definition) is 5. The number of carbonyl (C=O) groups is 3. The van der Waals surface area contributed by atoms with Gasteiger partial charge < -0.3 is 20.6 Å². The predicted octanol–water partition coefficient (Wildman–Crippen LogP) is 2.66. The topological polar surface area (TPSA) is 124 Å².